The van der Waals surface area contributed by atoms with Crippen LogP contribution < -0.4 is 5.32 Å². The minimum atomic E-state index is 0.547. The van der Waals surface area contributed by atoms with Crippen LogP contribution in [0.2, 0.25) is 0 Å². The van der Waals surface area contributed by atoms with Crippen LogP contribution in [0.3, 0.4) is 0 Å². The van der Waals surface area contributed by atoms with E-state index in [2.05, 4.69) is 15.3 Å². The van der Waals surface area contributed by atoms with Gasteiger partial charge in [0.05, 0.1) is 5.69 Å². The van der Waals surface area contributed by atoms with Crippen molar-refractivity contribution < 1.29 is 4.42 Å². The highest BCUT2D eigenvalue weighted by Gasteiger charge is 2.10. The van der Waals surface area contributed by atoms with Crippen molar-refractivity contribution in [2.24, 2.45) is 4.99 Å². The number of thioether (sulfide) groups is 1. The highest BCUT2D eigenvalue weighted by atomic mass is 32.2. The standard InChI is InChI=1S/C18H16N4OS/c1-11-4-7-16-15(8-11)21-17(23-16)13-6-5-12(2)14(9-13)22-18(24-3)20-10-19/h4-9H,1-3H3,(H,20,22). The number of aliphatic imine (C=N–C) groups is 1. The van der Waals surface area contributed by atoms with Gasteiger partial charge in [-0.25, -0.2) is 9.98 Å². The highest BCUT2D eigenvalue weighted by Crippen LogP contribution is 2.30. The van der Waals surface area contributed by atoms with Gasteiger partial charge in [-0.2, -0.15) is 5.26 Å². The summed E-state index contributed by atoms with van der Waals surface area (Å²) in [5.41, 5.74) is 5.38. The number of aryl methyl sites for hydroxylation is 2. The molecule has 3 rings (SSSR count). The number of amidine groups is 1. The molecule has 2 aromatic carbocycles. The average molecular weight is 336 g/mol. The first-order valence-corrected chi connectivity index (χ1v) is 8.59. The van der Waals surface area contributed by atoms with Gasteiger partial charge in [-0.05, 0) is 55.5 Å². The Morgan fingerprint density at radius 1 is 1.25 bits per heavy atom. The van der Waals surface area contributed by atoms with Gasteiger partial charge in [0, 0.05) is 5.56 Å². The lowest BCUT2D eigenvalue weighted by Crippen LogP contribution is -2.12. The molecule has 120 valence electrons. The molecule has 0 unspecified atom stereocenters. The summed E-state index contributed by atoms with van der Waals surface area (Å²) in [6.07, 6.45) is 3.76. The molecule has 24 heavy (non-hydrogen) atoms. The Morgan fingerprint density at radius 3 is 2.83 bits per heavy atom. The number of fused-ring (bicyclic) bond motifs is 1. The fourth-order valence-corrected chi connectivity index (χ4v) is 2.64. The first-order chi connectivity index (χ1) is 11.6. The van der Waals surface area contributed by atoms with Crippen molar-refractivity contribution in [3.8, 4) is 17.6 Å². The predicted molar refractivity (Wildman–Crippen MR) is 98.3 cm³/mol. The predicted octanol–water partition coefficient (Wildman–Crippen LogP) is 4.53. The van der Waals surface area contributed by atoms with Crippen molar-refractivity contribution in [1.82, 2.24) is 10.3 Å². The number of benzene rings is 2. The van der Waals surface area contributed by atoms with Gasteiger partial charge >= 0.3 is 0 Å². The van der Waals surface area contributed by atoms with E-state index in [9.17, 15) is 0 Å². The fraction of sp³-hybridized carbons (Fsp3) is 0.167. The number of oxazole rings is 1. The van der Waals surface area contributed by atoms with Gasteiger partial charge < -0.3 is 4.42 Å². The highest BCUT2D eigenvalue weighted by molar-refractivity contribution is 8.13. The van der Waals surface area contributed by atoms with E-state index in [0.717, 1.165) is 33.5 Å². The third-order valence-electron chi connectivity index (χ3n) is 3.58. The van der Waals surface area contributed by atoms with E-state index in [4.69, 9.17) is 9.68 Å². The number of nitriles is 1. The van der Waals surface area contributed by atoms with Crippen molar-refractivity contribution in [2.75, 3.05) is 6.26 Å². The maximum atomic E-state index is 8.77. The Bertz CT molecular complexity index is 969. The summed E-state index contributed by atoms with van der Waals surface area (Å²) >= 11 is 1.38. The summed E-state index contributed by atoms with van der Waals surface area (Å²) in [5.74, 6) is 0.561. The number of hydrogen-bond acceptors (Lipinski definition) is 5. The molecule has 0 amide bonds. The van der Waals surface area contributed by atoms with Crippen molar-refractivity contribution in [3.05, 3.63) is 47.5 Å². The molecular weight excluding hydrogens is 320 g/mol. The van der Waals surface area contributed by atoms with Gasteiger partial charge in [0.25, 0.3) is 0 Å². The topological polar surface area (TPSA) is 74.2 Å². The molecule has 0 saturated carbocycles. The fourth-order valence-electron chi connectivity index (χ4n) is 2.31. The smallest absolute Gasteiger partial charge is 0.227 e. The summed E-state index contributed by atoms with van der Waals surface area (Å²) in [6, 6.07) is 11.8. The molecule has 6 heteroatoms. The Hall–Kier alpha value is -2.78. The third-order valence-corrected chi connectivity index (χ3v) is 4.16. The zero-order valence-electron chi connectivity index (χ0n) is 13.6. The Kier molecular flexibility index (Phi) is 4.54. The quantitative estimate of drug-likeness (QED) is 0.322. The Labute approximate surface area is 144 Å². The molecule has 0 bridgehead atoms. The molecule has 0 radical (unpaired) electrons. The van der Waals surface area contributed by atoms with Crippen molar-refractivity contribution >= 4 is 33.7 Å². The van der Waals surface area contributed by atoms with E-state index in [1.807, 2.05) is 62.7 Å². The summed E-state index contributed by atoms with van der Waals surface area (Å²) in [5, 5.41) is 11.9. The van der Waals surface area contributed by atoms with Crippen LogP contribution in [0.5, 0.6) is 0 Å². The second kappa shape index (κ2) is 6.77. The molecule has 0 aliphatic rings. The van der Waals surface area contributed by atoms with Gasteiger partial charge in [0.15, 0.2) is 16.9 Å². The van der Waals surface area contributed by atoms with E-state index < -0.39 is 0 Å². The second-order valence-corrected chi connectivity index (χ2v) is 6.14. The van der Waals surface area contributed by atoms with E-state index >= 15 is 0 Å². The molecule has 1 heterocycles. The van der Waals surface area contributed by atoms with Crippen LogP contribution in [0.4, 0.5) is 5.69 Å². The molecule has 0 saturated heterocycles. The van der Waals surface area contributed by atoms with Crippen LogP contribution in [0.15, 0.2) is 45.8 Å². The van der Waals surface area contributed by atoms with Gasteiger partial charge in [0.1, 0.15) is 5.52 Å². The number of rotatable bonds is 2. The number of nitrogens with zero attached hydrogens (tertiary/aromatic N) is 3. The molecule has 3 aromatic rings. The van der Waals surface area contributed by atoms with Crippen LogP contribution in [-0.2, 0) is 0 Å². The molecule has 5 nitrogen and oxygen atoms in total. The van der Waals surface area contributed by atoms with E-state index in [1.54, 1.807) is 0 Å². The van der Waals surface area contributed by atoms with Crippen molar-refractivity contribution in [1.29, 1.82) is 5.26 Å². The first kappa shape index (κ1) is 16.1. The Balaban J connectivity index is 2.05. The van der Waals surface area contributed by atoms with E-state index in [0.29, 0.717) is 11.1 Å². The average Bonchev–Trinajstić information content (AvgIpc) is 2.99. The zero-order chi connectivity index (χ0) is 17.1. The lowest BCUT2D eigenvalue weighted by Gasteiger charge is -2.05. The van der Waals surface area contributed by atoms with Gasteiger partial charge in [-0.15, -0.1) is 0 Å². The molecule has 1 N–H and O–H groups in total. The van der Waals surface area contributed by atoms with Crippen LogP contribution >= 0.6 is 11.8 Å². The van der Waals surface area contributed by atoms with Crippen LogP contribution in [-0.4, -0.2) is 16.4 Å². The molecule has 0 aliphatic carbocycles. The molecule has 1 aromatic heterocycles. The second-order valence-electron chi connectivity index (χ2n) is 5.35. The molecule has 0 aliphatic heterocycles. The summed E-state index contributed by atoms with van der Waals surface area (Å²) in [7, 11) is 0. The van der Waals surface area contributed by atoms with Gasteiger partial charge in [-0.3, -0.25) is 5.32 Å². The summed E-state index contributed by atoms with van der Waals surface area (Å²) in [6.45, 7) is 4.00. The van der Waals surface area contributed by atoms with E-state index in [-0.39, 0.29) is 0 Å². The number of hydrogen-bond donors (Lipinski definition) is 1. The molecule has 0 fully saturated rings. The lowest BCUT2D eigenvalue weighted by atomic mass is 10.1. The SMILES string of the molecule is CSC(=Nc1cc(-c2nc3cc(C)ccc3o2)ccc1C)NC#N. The first-order valence-electron chi connectivity index (χ1n) is 7.36. The minimum absolute atomic E-state index is 0.547. The largest absolute Gasteiger partial charge is 0.436 e. The third kappa shape index (κ3) is 3.26. The number of nitrogens with one attached hydrogen (secondary N) is 1. The summed E-state index contributed by atoms with van der Waals surface area (Å²) in [4.78, 5) is 9.06. The number of aromatic nitrogens is 1. The molecule has 0 spiro atoms. The monoisotopic (exact) mass is 336 g/mol. The van der Waals surface area contributed by atoms with Crippen molar-refractivity contribution in [3.63, 3.8) is 0 Å². The minimum Gasteiger partial charge on any atom is -0.436 e. The summed E-state index contributed by atoms with van der Waals surface area (Å²) < 4.78 is 5.85. The van der Waals surface area contributed by atoms with Gasteiger partial charge in [-0.1, -0.05) is 23.9 Å². The van der Waals surface area contributed by atoms with E-state index in [1.165, 1.54) is 11.8 Å². The van der Waals surface area contributed by atoms with Gasteiger partial charge in [0.2, 0.25) is 5.89 Å². The molecule has 0 atom stereocenters. The van der Waals surface area contributed by atoms with Crippen LogP contribution in [0.1, 0.15) is 11.1 Å². The van der Waals surface area contributed by atoms with Crippen LogP contribution in [0.25, 0.3) is 22.6 Å². The molecular formula is C18H16N4OS. The zero-order valence-corrected chi connectivity index (χ0v) is 14.4. The maximum Gasteiger partial charge on any atom is 0.227 e. The maximum absolute atomic E-state index is 8.77. The van der Waals surface area contributed by atoms with Crippen LogP contribution in [0, 0.1) is 25.3 Å². The van der Waals surface area contributed by atoms with Crippen molar-refractivity contribution in [2.45, 2.75) is 13.8 Å². The Morgan fingerprint density at radius 2 is 2.08 bits per heavy atom. The lowest BCUT2D eigenvalue weighted by molar-refractivity contribution is 0.620. The normalized spacial score (nSPS) is 11.5.